The summed E-state index contributed by atoms with van der Waals surface area (Å²) in [6.07, 6.45) is 0. The van der Waals surface area contributed by atoms with Gasteiger partial charge in [-0.25, -0.2) is 8.78 Å². The summed E-state index contributed by atoms with van der Waals surface area (Å²) in [5.74, 6) is -1.54. The summed E-state index contributed by atoms with van der Waals surface area (Å²) in [6, 6.07) is 6.78. The molecule has 2 aromatic carbocycles. The van der Waals surface area contributed by atoms with E-state index >= 15 is 0 Å². The lowest BCUT2D eigenvalue weighted by molar-refractivity contribution is 0.102. The fourth-order valence-corrected chi connectivity index (χ4v) is 2.12. The third-order valence-electron chi connectivity index (χ3n) is 2.90. The van der Waals surface area contributed by atoms with E-state index in [1.54, 1.807) is 12.1 Å². The monoisotopic (exact) mass is 355 g/mol. The first-order valence-corrected chi connectivity index (χ1v) is 6.82. The van der Waals surface area contributed by atoms with E-state index in [-0.39, 0.29) is 16.8 Å². The number of methoxy groups -OCH3 is 1. The van der Waals surface area contributed by atoms with Gasteiger partial charge in [0, 0.05) is 10.5 Å². The molecule has 110 valence electrons. The van der Waals surface area contributed by atoms with Crippen LogP contribution in [-0.4, -0.2) is 13.0 Å². The molecule has 0 atom stereocenters. The Bertz CT molecular complexity index is 704. The minimum Gasteiger partial charge on any atom is -0.496 e. The first-order chi connectivity index (χ1) is 9.92. The number of carbonyl (C=O) groups is 1. The van der Waals surface area contributed by atoms with Crippen LogP contribution in [-0.2, 0) is 0 Å². The standard InChI is InChI=1S/C15H12BrF2NO2/c1-8-5-12(18)13(7-11(8)17)19-15(20)10-4-3-9(16)6-14(10)21-2/h3-7H,1-2H3,(H,19,20). The molecule has 0 heterocycles. The van der Waals surface area contributed by atoms with E-state index in [0.717, 1.165) is 16.6 Å². The number of nitrogens with one attached hydrogen (secondary N) is 1. The fourth-order valence-electron chi connectivity index (χ4n) is 1.78. The molecule has 1 N–H and O–H groups in total. The normalized spacial score (nSPS) is 10.3. The molecule has 1 amide bonds. The molecule has 0 radical (unpaired) electrons. The van der Waals surface area contributed by atoms with Crippen LogP contribution in [0, 0.1) is 18.6 Å². The predicted octanol–water partition coefficient (Wildman–Crippen LogP) is 4.30. The van der Waals surface area contributed by atoms with E-state index < -0.39 is 17.5 Å². The summed E-state index contributed by atoms with van der Waals surface area (Å²) >= 11 is 3.26. The molecule has 21 heavy (non-hydrogen) atoms. The second-order valence-corrected chi connectivity index (χ2v) is 5.30. The highest BCUT2D eigenvalue weighted by Gasteiger charge is 2.15. The highest BCUT2D eigenvalue weighted by Crippen LogP contribution is 2.25. The third-order valence-corrected chi connectivity index (χ3v) is 3.40. The molecule has 3 nitrogen and oxygen atoms in total. The van der Waals surface area contributed by atoms with E-state index in [2.05, 4.69) is 21.2 Å². The molecule has 2 rings (SSSR count). The van der Waals surface area contributed by atoms with Gasteiger partial charge in [0.1, 0.15) is 17.4 Å². The average Bonchev–Trinajstić information content (AvgIpc) is 2.44. The van der Waals surface area contributed by atoms with E-state index in [0.29, 0.717) is 5.75 Å². The maximum Gasteiger partial charge on any atom is 0.259 e. The summed E-state index contributed by atoms with van der Waals surface area (Å²) in [5, 5.41) is 2.34. The second kappa shape index (κ2) is 6.22. The van der Waals surface area contributed by atoms with E-state index in [1.165, 1.54) is 20.1 Å². The SMILES string of the molecule is COc1cc(Br)ccc1C(=O)Nc1cc(F)c(C)cc1F. The first kappa shape index (κ1) is 15.4. The molecule has 0 unspecified atom stereocenters. The van der Waals surface area contributed by atoms with Gasteiger partial charge in [-0.3, -0.25) is 4.79 Å². The molecule has 0 aliphatic carbocycles. The molecule has 0 fully saturated rings. The minimum absolute atomic E-state index is 0.173. The number of aryl methyl sites for hydroxylation is 1. The lowest BCUT2D eigenvalue weighted by Crippen LogP contribution is -2.14. The molecule has 0 aromatic heterocycles. The molecule has 0 saturated carbocycles. The van der Waals surface area contributed by atoms with Crippen LogP contribution in [0.4, 0.5) is 14.5 Å². The van der Waals surface area contributed by atoms with Crippen LogP contribution < -0.4 is 10.1 Å². The van der Waals surface area contributed by atoms with Crippen molar-refractivity contribution in [2.75, 3.05) is 12.4 Å². The largest absolute Gasteiger partial charge is 0.496 e. The van der Waals surface area contributed by atoms with Crippen molar-refractivity contribution in [1.29, 1.82) is 0 Å². The number of amides is 1. The summed E-state index contributed by atoms with van der Waals surface area (Å²) < 4.78 is 33.0. The van der Waals surface area contributed by atoms with Crippen LogP contribution in [0.15, 0.2) is 34.8 Å². The van der Waals surface area contributed by atoms with Gasteiger partial charge in [0.15, 0.2) is 0 Å². The van der Waals surface area contributed by atoms with Crippen LogP contribution in [0.5, 0.6) is 5.75 Å². The number of hydrogen-bond donors (Lipinski definition) is 1. The highest BCUT2D eigenvalue weighted by molar-refractivity contribution is 9.10. The second-order valence-electron chi connectivity index (χ2n) is 4.38. The van der Waals surface area contributed by atoms with Crippen LogP contribution >= 0.6 is 15.9 Å². The van der Waals surface area contributed by atoms with E-state index in [1.807, 2.05) is 0 Å². The molecule has 0 bridgehead atoms. The third kappa shape index (κ3) is 3.39. The zero-order chi connectivity index (χ0) is 15.6. The van der Waals surface area contributed by atoms with Crippen molar-refractivity contribution >= 4 is 27.5 Å². The summed E-state index contributed by atoms with van der Waals surface area (Å²) in [4.78, 5) is 12.2. The van der Waals surface area contributed by atoms with Gasteiger partial charge >= 0.3 is 0 Å². The molecule has 2 aromatic rings. The van der Waals surface area contributed by atoms with Gasteiger partial charge in [-0.1, -0.05) is 15.9 Å². The van der Waals surface area contributed by atoms with Gasteiger partial charge in [0.2, 0.25) is 0 Å². The van der Waals surface area contributed by atoms with Gasteiger partial charge in [-0.15, -0.1) is 0 Å². The Hall–Kier alpha value is -1.95. The Balaban J connectivity index is 2.32. The number of ether oxygens (including phenoxy) is 1. The smallest absolute Gasteiger partial charge is 0.259 e. The molecule has 0 saturated heterocycles. The van der Waals surface area contributed by atoms with Gasteiger partial charge < -0.3 is 10.1 Å². The lowest BCUT2D eigenvalue weighted by Gasteiger charge is -2.11. The zero-order valence-corrected chi connectivity index (χ0v) is 12.9. The van der Waals surface area contributed by atoms with E-state index in [4.69, 9.17) is 4.74 Å². The van der Waals surface area contributed by atoms with Gasteiger partial charge in [0.05, 0.1) is 18.4 Å². The maximum absolute atomic E-state index is 13.7. The maximum atomic E-state index is 13.7. The number of carbonyl (C=O) groups excluding carboxylic acids is 1. The van der Waals surface area contributed by atoms with Crippen LogP contribution in [0.2, 0.25) is 0 Å². The van der Waals surface area contributed by atoms with Crippen molar-refractivity contribution in [2.45, 2.75) is 6.92 Å². The van der Waals surface area contributed by atoms with Crippen molar-refractivity contribution in [2.24, 2.45) is 0 Å². The van der Waals surface area contributed by atoms with Gasteiger partial charge in [-0.2, -0.15) is 0 Å². The Morgan fingerprint density at radius 1 is 1.19 bits per heavy atom. The molecule has 0 aliphatic rings. The molecular weight excluding hydrogens is 344 g/mol. The van der Waals surface area contributed by atoms with Crippen molar-refractivity contribution in [3.63, 3.8) is 0 Å². The predicted molar refractivity (Wildman–Crippen MR) is 79.7 cm³/mol. The quantitative estimate of drug-likeness (QED) is 0.891. The average molecular weight is 356 g/mol. The fraction of sp³-hybridized carbons (Fsp3) is 0.133. The van der Waals surface area contributed by atoms with Crippen molar-refractivity contribution in [1.82, 2.24) is 0 Å². The van der Waals surface area contributed by atoms with Crippen LogP contribution in [0.3, 0.4) is 0 Å². The number of halogens is 3. The molecule has 6 heteroatoms. The molecular formula is C15H12BrF2NO2. The zero-order valence-electron chi connectivity index (χ0n) is 11.3. The Kier molecular flexibility index (Phi) is 4.57. The minimum atomic E-state index is -0.696. The Morgan fingerprint density at radius 2 is 1.90 bits per heavy atom. The highest BCUT2D eigenvalue weighted by atomic mass is 79.9. The summed E-state index contributed by atoms with van der Waals surface area (Å²) in [7, 11) is 1.42. The van der Waals surface area contributed by atoms with Gasteiger partial charge in [-0.05, 0) is 36.8 Å². The molecule has 0 aliphatic heterocycles. The van der Waals surface area contributed by atoms with Crippen LogP contribution in [0.1, 0.15) is 15.9 Å². The Morgan fingerprint density at radius 3 is 2.57 bits per heavy atom. The number of hydrogen-bond acceptors (Lipinski definition) is 2. The van der Waals surface area contributed by atoms with Crippen molar-refractivity contribution < 1.29 is 18.3 Å². The Labute approximate surface area is 129 Å². The summed E-state index contributed by atoms with van der Waals surface area (Å²) in [5.41, 5.74) is 0.181. The molecule has 0 spiro atoms. The number of benzene rings is 2. The topological polar surface area (TPSA) is 38.3 Å². The van der Waals surface area contributed by atoms with E-state index in [9.17, 15) is 13.6 Å². The lowest BCUT2D eigenvalue weighted by atomic mass is 10.1. The van der Waals surface area contributed by atoms with Crippen LogP contribution in [0.25, 0.3) is 0 Å². The number of rotatable bonds is 3. The van der Waals surface area contributed by atoms with Crippen molar-refractivity contribution in [3.8, 4) is 5.75 Å². The van der Waals surface area contributed by atoms with Crippen molar-refractivity contribution in [3.05, 3.63) is 57.6 Å². The first-order valence-electron chi connectivity index (χ1n) is 6.03. The number of anilines is 1. The van der Waals surface area contributed by atoms with Gasteiger partial charge in [0.25, 0.3) is 5.91 Å². The summed E-state index contributed by atoms with van der Waals surface area (Å²) in [6.45, 7) is 1.45.